The minimum Gasteiger partial charge on any atom is -0.444 e. The molecule has 42 heavy (non-hydrogen) atoms. The number of fused-ring (bicyclic) bond motifs is 2. The van der Waals surface area contributed by atoms with E-state index in [0.717, 1.165) is 18.9 Å². The molecular weight excluding hydrogens is 544 g/mol. The van der Waals surface area contributed by atoms with Crippen molar-refractivity contribution in [2.24, 2.45) is 0 Å². The maximum Gasteiger partial charge on any atom is 0.410 e. The van der Waals surface area contributed by atoms with E-state index in [4.69, 9.17) is 4.74 Å². The van der Waals surface area contributed by atoms with E-state index in [-0.39, 0.29) is 40.6 Å². The summed E-state index contributed by atoms with van der Waals surface area (Å²) >= 11 is 0. The molecule has 1 aromatic carbocycles. The highest BCUT2D eigenvalue weighted by Crippen LogP contribution is 2.37. The van der Waals surface area contributed by atoms with Gasteiger partial charge in [0.1, 0.15) is 22.5 Å². The number of amides is 2. The van der Waals surface area contributed by atoms with Crippen LogP contribution in [0.25, 0.3) is 16.6 Å². The van der Waals surface area contributed by atoms with Gasteiger partial charge in [0, 0.05) is 55.7 Å². The Hall–Kier alpha value is -4.22. The molecule has 1 aliphatic carbocycles. The van der Waals surface area contributed by atoms with Crippen LogP contribution in [0.4, 0.5) is 25.0 Å². The normalized spacial score (nSPS) is 17.3. The number of hydrogen-bond acceptors (Lipinski definition) is 6. The van der Waals surface area contributed by atoms with Crippen LogP contribution in [-0.4, -0.2) is 66.8 Å². The van der Waals surface area contributed by atoms with Gasteiger partial charge >= 0.3 is 6.09 Å². The van der Waals surface area contributed by atoms with Crippen LogP contribution in [0.5, 0.6) is 0 Å². The van der Waals surface area contributed by atoms with E-state index in [2.05, 4.69) is 15.4 Å². The van der Waals surface area contributed by atoms with Gasteiger partial charge in [-0.15, -0.1) is 0 Å². The second-order valence-electron chi connectivity index (χ2n) is 12.2. The number of pyridine rings is 1. The standard InChI is InChI=1S/C30H35F2N7O3/c1-6-38-16-21-24(36-10-9-20(15-36)39(19-7-8-19)29(41)42-30(3,4)5)12-22(31)25(26(21)35-38)28(40)34-18-11-23(32)27-33-17(2)13-37(27)14-18/h11-14,16,19-20H,6-10,15H2,1-5H3,(H,34,40). The van der Waals surface area contributed by atoms with Crippen molar-refractivity contribution < 1.29 is 23.1 Å². The molecule has 2 aliphatic rings. The summed E-state index contributed by atoms with van der Waals surface area (Å²) in [6.45, 7) is 10.9. The molecule has 0 spiro atoms. The molecular formula is C30H35F2N7O3. The highest BCUT2D eigenvalue weighted by atomic mass is 19.1. The number of ether oxygens (including phenoxy) is 1. The van der Waals surface area contributed by atoms with Crippen molar-refractivity contribution in [3.63, 3.8) is 0 Å². The molecule has 0 bridgehead atoms. The molecule has 1 saturated heterocycles. The molecule has 0 radical (unpaired) electrons. The predicted molar refractivity (Wildman–Crippen MR) is 155 cm³/mol. The number of hydrogen-bond donors (Lipinski definition) is 1. The van der Waals surface area contributed by atoms with E-state index in [0.29, 0.717) is 42.8 Å². The summed E-state index contributed by atoms with van der Waals surface area (Å²) in [5.41, 5.74) is 0.952. The number of anilines is 2. The number of carbonyl (C=O) groups is 2. The summed E-state index contributed by atoms with van der Waals surface area (Å²) in [5.74, 6) is -2.07. The number of nitrogens with zero attached hydrogens (tertiary/aromatic N) is 6. The molecule has 4 aromatic rings. The summed E-state index contributed by atoms with van der Waals surface area (Å²) in [7, 11) is 0. The molecule has 10 nitrogen and oxygen atoms in total. The van der Waals surface area contributed by atoms with Crippen LogP contribution in [0.2, 0.25) is 0 Å². The van der Waals surface area contributed by atoms with Crippen molar-refractivity contribution in [1.29, 1.82) is 0 Å². The summed E-state index contributed by atoms with van der Waals surface area (Å²) < 4.78 is 39.3. The summed E-state index contributed by atoms with van der Waals surface area (Å²) in [4.78, 5) is 34.5. The van der Waals surface area contributed by atoms with Gasteiger partial charge in [-0.1, -0.05) is 0 Å². The fourth-order valence-electron chi connectivity index (χ4n) is 5.71. The Morgan fingerprint density at radius 2 is 1.86 bits per heavy atom. The Kier molecular flexibility index (Phi) is 6.81. The third kappa shape index (κ3) is 5.25. The summed E-state index contributed by atoms with van der Waals surface area (Å²) in [6, 6.07) is 2.60. The Morgan fingerprint density at radius 3 is 2.55 bits per heavy atom. The molecule has 6 rings (SSSR count). The number of aryl methyl sites for hydroxylation is 2. The minimum atomic E-state index is -0.731. The van der Waals surface area contributed by atoms with Crippen molar-refractivity contribution in [3.05, 3.63) is 53.6 Å². The van der Waals surface area contributed by atoms with Gasteiger partial charge in [0.2, 0.25) is 0 Å². The molecule has 4 heterocycles. The second kappa shape index (κ2) is 10.2. The van der Waals surface area contributed by atoms with Gasteiger partial charge in [0.25, 0.3) is 5.91 Å². The molecule has 1 saturated carbocycles. The molecule has 1 aliphatic heterocycles. The Morgan fingerprint density at radius 1 is 1.10 bits per heavy atom. The summed E-state index contributed by atoms with van der Waals surface area (Å²) in [6.07, 6.45) is 7.26. The zero-order valence-corrected chi connectivity index (χ0v) is 24.4. The number of rotatable bonds is 6. The number of imidazole rings is 1. The van der Waals surface area contributed by atoms with Gasteiger partial charge in [-0.3, -0.25) is 9.48 Å². The maximum absolute atomic E-state index is 15.8. The first-order chi connectivity index (χ1) is 19.9. The number of halogens is 2. The largest absolute Gasteiger partial charge is 0.444 e. The first-order valence-electron chi connectivity index (χ1n) is 14.3. The lowest BCUT2D eigenvalue weighted by atomic mass is 10.1. The number of benzene rings is 1. The van der Waals surface area contributed by atoms with Crippen LogP contribution in [-0.2, 0) is 11.3 Å². The van der Waals surface area contributed by atoms with E-state index in [1.165, 1.54) is 16.7 Å². The van der Waals surface area contributed by atoms with Crippen LogP contribution in [0.1, 0.15) is 63.0 Å². The smallest absolute Gasteiger partial charge is 0.410 e. The SMILES string of the molecule is CCn1cc2c(N3CCC(N(C(=O)OC(C)(C)C)C4CC4)C3)cc(F)c(C(=O)Nc3cc(F)c4nc(C)cn4c3)c2n1. The van der Waals surface area contributed by atoms with Crippen LogP contribution >= 0.6 is 0 Å². The molecule has 1 atom stereocenters. The van der Waals surface area contributed by atoms with Gasteiger partial charge in [0.15, 0.2) is 11.5 Å². The lowest BCUT2D eigenvalue weighted by Gasteiger charge is -2.32. The number of nitrogens with one attached hydrogen (secondary N) is 1. The van der Waals surface area contributed by atoms with Crippen LogP contribution in [0, 0.1) is 18.6 Å². The average molecular weight is 580 g/mol. The molecule has 222 valence electrons. The Bertz CT molecular complexity index is 1700. The van der Waals surface area contributed by atoms with Crippen LogP contribution < -0.4 is 10.2 Å². The second-order valence-corrected chi connectivity index (χ2v) is 12.2. The highest BCUT2D eigenvalue weighted by molar-refractivity contribution is 6.14. The topological polar surface area (TPSA) is 97.0 Å². The van der Waals surface area contributed by atoms with Crippen LogP contribution in [0.3, 0.4) is 0 Å². The molecule has 12 heteroatoms. The van der Waals surface area contributed by atoms with Gasteiger partial charge in [-0.25, -0.2) is 18.6 Å². The van der Waals surface area contributed by atoms with Crippen molar-refractivity contribution in [2.45, 2.75) is 78.1 Å². The Labute approximate surface area is 242 Å². The quantitative estimate of drug-likeness (QED) is 0.323. The van der Waals surface area contributed by atoms with E-state index < -0.39 is 23.1 Å². The van der Waals surface area contributed by atoms with Crippen molar-refractivity contribution in [3.8, 4) is 0 Å². The number of aromatic nitrogens is 4. The monoisotopic (exact) mass is 579 g/mol. The third-order valence-electron chi connectivity index (χ3n) is 7.65. The highest BCUT2D eigenvalue weighted by Gasteiger charge is 2.42. The van der Waals surface area contributed by atoms with Crippen LogP contribution in [0.15, 0.2) is 30.7 Å². The van der Waals surface area contributed by atoms with Crippen molar-refractivity contribution in [1.82, 2.24) is 24.1 Å². The van der Waals surface area contributed by atoms with Gasteiger partial charge in [0.05, 0.1) is 23.1 Å². The lowest BCUT2D eigenvalue weighted by Crippen LogP contribution is -2.46. The molecule has 2 amide bonds. The first-order valence-corrected chi connectivity index (χ1v) is 14.3. The predicted octanol–water partition coefficient (Wildman–Crippen LogP) is 5.52. The maximum atomic E-state index is 15.8. The third-order valence-corrected chi connectivity index (χ3v) is 7.65. The fourth-order valence-corrected chi connectivity index (χ4v) is 5.71. The van der Waals surface area contributed by atoms with Gasteiger partial charge in [-0.05, 0) is 59.9 Å². The zero-order valence-electron chi connectivity index (χ0n) is 24.4. The van der Waals surface area contributed by atoms with Gasteiger partial charge in [-0.2, -0.15) is 5.10 Å². The van der Waals surface area contributed by atoms with E-state index in [1.807, 2.05) is 37.5 Å². The lowest BCUT2D eigenvalue weighted by molar-refractivity contribution is 0.0158. The fraction of sp³-hybridized carbons (Fsp3) is 0.467. The Balaban J connectivity index is 1.30. The van der Waals surface area contributed by atoms with Crippen molar-refractivity contribution >= 4 is 39.9 Å². The minimum absolute atomic E-state index is 0.0775. The van der Waals surface area contributed by atoms with E-state index >= 15 is 4.39 Å². The van der Waals surface area contributed by atoms with Gasteiger partial charge < -0.3 is 24.3 Å². The van der Waals surface area contributed by atoms with Crippen molar-refractivity contribution in [2.75, 3.05) is 23.3 Å². The first kappa shape index (κ1) is 27.9. The zero-order chi connectivity index (χ0) is 29.9. The van der Waals surface area contributed by atoms with E-state index in [9.17, 15) is 14.0 Å². The van der Waals surface area contributed by atoms with E-state index in [1.54, 1.807) is 24.0 Å². The number of carbonyl (C=O) groups excluding carboxylic acids is 2. The molecule has 3 aromatic heterocycles. The summed E-state index contributed by atoms with van der Waals surface area (Å²) in [5, 5.41) is 7.80. The average Bonchev–Trinajstić information content (AvgIpc) is 3.27. The molecule has 1 N–H and O–H groups in total. The molecule has 2 fully saturated rings. The molecule has 1 unspecified atom stereocenters.